The molecular formula is C21H20Cl2FN5O. The van der Waals surface area contributed by atoms with E-state index in [1.54, 1.807) is 47.4 Å². The minimum Gasteiger partial charge on any atom is -0.364 e. The van der Waals surface area contributed by atoms with Gasteiger partial charge in [-0.05, 0) is 42.5 Å². The Hall–Kier alpha value is -2.64. The fraction of sp³-hybridized carbons (Fsp3) is 0.286. The molecule has 0 atom stereocenters. The summed E-state index contributed by atoms with van der Waals surface area (Å²) >= 11 is 12.0. The molecule has 3 aromatic rings. The largest absolute Gasteiger partial charge is 0.364 e. The van der Waals surface area contributed by atoms with Crippen LogP contribution in [-0.4, -0.2) is 60.2 Å². The van der Waals surface area contributed by atoms with Crippen molar-refractivity contribution in [2.24, 2.45) is 0 Å². The number of benzene rings is 2. The Morgan fingerprint density at radius 3 is 2.37 bits per heavy atom. The van der Waals surface area contributed by atoms with Gasteiger partial charge in [0.2, 0.25) is 0 Å². The molecule has 1 fully saturated rings. The first-order valence-electron chi connectivity index (χ1n) is 9.62. The lowest BCUT2D eigenvalue weighted by Gasteiger charge is -2.36. The molecule has 0 aliphatic carbocycles. The summed E-state index contributed by atoms with van der Waals surface area (Å²) in [6, 6.07) is 12.2. The molecule has 4 rings (SSSR count). The van der Waals surface area contributed by atoms with Crippen molar-refractivity contribution in [1.29, 1.82) is 0 Å². The van der Waals surface area contributed by atoms with Crippen LogP contribution in [0.1, 0.15) is 10.4 Å². The van der Waals surface area contributed by atoms with Crippen molar-refractivity contribution >= 4 is 51.8 Å². The molecule has 0 saturated carbocycles. The second kappa shape index (κ2) is 9.02. The molecule has 1 saturated heterocycles. The van der Waals surface area contributed by atoms with Crippen LogP contribution >= 0.6 is 23.2 Å². The Morgan fingerprint density at radius 1 is 0.967 bits per heavy atom. The van der Waals surface area contributed by atoms with Gasteiger partial charge in [-0.15, -0.1) is 0 Å². The first kappa shape index (κ1) is 20.6. The Balaban J connectivity index is 1.54. The summed E-state index contributed by atoms with van der Waals surface area (Å²) in [5.74, 6) is 1.13. The number of anilines is 2. The number of piperazine rings is 1. The summed E-state index contributed by atoms with van der Waals surface area (Å²) in [7, 11) is 0. The summed E-state index contributed by atoms with van der Waals surface area (Å²) < 4.78 is 12.8. The van der Waals surface area contributed by atoms with Gasteiger partial charge < -0.3 is 15.1 Å². The molecule has 30 heavy (non-hydrogen) atoms. The van der Waals surface area contributed by atoms with E-state index in [0.29, 0.717) is 64.5 Å². The number of carbonyl (C=O) groups excluding carboxylic acids is 1. The lowest BCUT2D eigenvalue weighted by molar-refractivity contribution is 0.0746. The maximum atomic E-state index is 12.8. The van der Waals surface area contributed by atoms with Crippen molar-refractivity contribution in [2.45, 2.75) is 0 Å². The van der Waals surface area contributed by atoms with Gasteiger partial charge in [-0.3, -0.25) is 4.79 Å². The van der Waals surface area contributed by atoms with E-state index >= 15 is 0 Å². The smallest absolute Gasteiger partial charge is 0.253 e. The highest BCUT2D eigenvalue weighted by molar-refractivity contribution is 6.31. The van der Waals surface area contributed by atoms with Crippen molar-refractivity contribution in [3.05, 3.63) is 58.1 Å². The first-order chi connectivity index (χ1) is 14.5. The highest BCUT2D eigenvalue weighted by Gasteiger charge is 2.25. The lowest BCUT2D eigenvalue weighted by atomic mass is 10.2. The van der Waals surface area contributed by atoms with E-state index in [0.717, 1.165) is 0 Å². The highest BCUT2D eigenvalue weighted by atomic mass is 35.5. The molecule has 1 aromatic heterocycles. The third-order valence-electron chi connectivity index (χ3n) is 4.95. The summed E-state index contributed by atoms with van der Waals surface area (Å²) in [6.07, 6.45) is 0. The molecule has 1 aliphatic heterocycles. The van der Waals surface area contributed by atoms with Crippen LogP contribution in [0.15, 0.2) is 42.5 Å². The van der Waals surface area contributed by atoms with Crippen LogP contribution in [-0.2, 0) is 0 Å². The predicted molar refractivity (Wildman–Crippen MR) is 119 cm³/mol. The van der Waals surface area contributed by atoms with Crippen LogP contribution in [0.2, 0.25) is 10.0 Å². The third kappa shape index (κ3) is 4.42. The molecule has 2 heterocycles. The van der Waals surface area contributed by atoms with Crippen molar-refractivity contribution in [2.75, 3.05) is 49.6 Å². The SMILES string of the molecule is O=C(c1ccc(Cl)cc1)N1CCN(c2nc3cc(Cl)ccc3nc2NCCF)CC1. The van der Waals surface area contributed by atoms with Gasteiger partial charge in [0, 0.05) is 48.3 Å². The summed E-state index contributed by atoms with van der Waals surface area (Å²) in [6.45, 7) is 1.90. The van der Waals surface area contributed by atoms with Crippen molar-refractivity contribution in [1.82, 2.24) is 14.9 Å². The number of nitrogens with zero attached hydrogens (tertiary/aromatic N) is 4. The number of nitrogens with one attached hydrogen (secondary N) is 1. The molecular weight excluding hydrogens is 428 g/mol. The maximum absolute atomic E-state index is 12.8. The number of halogens is 3. The molecule has 2 aromatic carbocycles. The van der Waals surface area contributed by atoms with Gasteiger partial charge in [-0.25, -0.2) is 14.4 Å². The number of rotatable bonds is 5. The minimum atomic E-state index is -0.511. The van der Waals surface area contributed by atoms with Crippen molar-refractivity contribution in [3.63, 3.8) is 0 Å². The molecule has 1 aliphatic rings. The topological polar surface area (TPSA) is 61.4 Å². The number of aromatic nitrogens is 2. The quantitative estimate of drug-likeness (QED) is 0.632. The zero-order valence-electron chi connectivity index (χ0n) is 16.1. The van der Waals surface area contributed by atoms with Crippen molar-refractivity contribution in [3.8, 4) is 0 Å². The van der Waals surface area contributed by atoms with E-state index in [9.17, 15) is 9.18 Å². The third-order valence-corrected chi connectivity index (χ3v) is 5.44. The van der Waals surface area contributed by atoms with Crippen LogP contribution < -0.4 is 10.2 Å². The fourth-order valence-electron chi connectivity index (χ4n) is 3.42. The van der Waals surface area contributed by atoms with Gasteiger partial charge in [-0.2, -0.15) is 0 Å². The standard InChI is InChI=1S/C21H20Cl2FN5O/c22-15-3-1-14(2-4-15)21(30)29-11-9-28(10-12-29)20-19(25-8-7-24)26-17-6-5-16(23)13-18(17)27-20/h1-6,13H,7-12H2,(H,25,26). The van der Waals surface area contributed by atoms with Gasteiger partial charge in [0.05, 0.1) is 11.0 Å². The second-order valence-corrected chi connectivity index (χ2v) is 7.80. The Morgan fingerprint density at radius 2 is 1.67 bits per heavy atom. The van der Waals surface area contributed by atoms with Crippen molar-refractivity contribution < 1.29 is 9.18 Å². The van der Waals surface area contributed by atoms with E-state index < -0.39 is 6.67 Å². The molecule has 1 amide bonds. The van der Waals surface area contributed by atoms with Crippen LogP contribution in [0, 0.1) is 0 Å². The van der Waals surface area contributed by atoms with E-state index in [4.69, 9.17) is 28.2 Å². The van der Waals surface area contributed by atoms with Crippen LogP contribution in [0.5, 0.6) is 0 Å². The first-order valence-corrected chi connectivity index (χ1v) is 10.4. The molecule has 6 nitrogen and oxygen atoms in total. The number of amides is 1. The molecule has 0 unspecified atom stereocenters. The zero-order valence-corrected chi connectivity index (χ0v) is 17.6. The van der Waals surface area contributed by atoms with Gasteiger partial charge >= 0.3 is 0 Å². The number of fused-ring (bicyclic) bond motifs is 1. The fourth-order valence-corrected chi connectivity index (χ4v) is 3.71. The maximum Gasteiger partial charge on any atom is 0.253 e. The summed E-state index contributed by atoms with van der Waals surface area (Å²) in [5, 5.41) is 4.19. The molecule has 0 bridgehead atoms. The highest BCUT2D eigenvalue weighted by Crippen LogP contribution is 2.27. The average molecular weight is 448 g/mol. The average Bonchev–Trinajstić information content (AvgIpc) is 2.77. The van der Waals surface area contributed by atoms with E-state index in [1.165, 1.54) is 0 Å². The monoisotopic (exact) mass is 447 g/mol. The molecule has 9 heteroatoms. The predicted octanol–water partition coefficient (Wildman–Crippen LogP) is 4.28. The number of hydrogen-bond acceptors (Lipinski definition) is 5. The Labute approximate surface area is 183 Å². The lowest BCUT2D eigenvalue weighted by Crippen LogP contribution is -2.49. The zero-order chi connectivity index (χ0) is 21.1. The Bertz CT molecular complexity index is 1060. The minimum absolute atomic E-state index is 0.0292. The molecule has 1 N–H and O–H groups in total. The second-order valence-electron chi connectivity index (χ2n) is 6.93. The van der Waals surface area contributed by atoms with Gasteiger partial charge in [0.1, 0.15) is 6.67 Å². The van der Waals surface area contributed by atoms with Gasteiger partial charge in [0.25, 0.3) is 5.91 Å². The van der Waals surface area contributed by atoms with Crippen LogP contribution in [0.3, 0.4) is 0 Å². The van der Waals surface area contributed by atoms with Crippen LogP contribution in [0.4, 0.5) is 16.0 Å². The Kier molecular flexibility index (Phi) is 6.20. The van der Waals surface area contributed by atoms with Gasteiger partial charge in [0.15, 0.2) is 11.6 Å². The number of hydrogen-bond donors (Lipinski definition) is 1. The van der Waals surface area contributed by atoms with E-state index in [-0.39, 0.29) is 12.5 Å². The van der Waals surface area contributed by atoms with E-state index in [1.807, 2.05) is 0 Å². The molecule has 0 radical (unpaired) electrons. The summed E-state index contributed by atoms with van der Waals surface area (Å²) in [4.78, 5) is 25.9. The summed E-state index contributed by atoms with van der Waals surface area (Å²) in [5.41, 5.74) is 1.96. The number of alkyl halides is 1. The molecule has 156 valence electrons. The van der Waals surface area contributed by atoms with Gasteiger partial charge in [-0.1, -0.05) is 23.2 Å². The molecule has 0 spiro atoms. The number of carbonyl (C=O) groups is 1. The van der Waals surface area contributed by atoms with Crippen LogP contribution in [0.25, 0.3) is 11.0 Å². The normalized spacial score (nSPS) is 14.2. The van der Waals surface area contributed by atoms with E-state index in [2.05, 4.69) is 15.2 Å².